The number of hydrogen-bond donors (Lipinski definition) is 0. The van der Waals surface area contributed by atoms with Crippen LogP contribution in [0.3, 0.4) is 0 Å². The van der Waals surface area contributed by atoms with Gasteiger partial charge in [-0.15, -0.1) is 0 Å². The van der Waals surface area contributed by atoms with Crippen molar-refractivity contribution in [3.63, 3.8) is 0 Å². The summed E-state index contributed by atoms with van der Waals surface area (Å²) in [6, 6.07) is 8.97. The van der Waals surface area contributed by atoms with Crippen LogP contribution in [-0.2, 0) is 21.2 Å². The number of amides is 1. The number of carbonyl (C=O) groups is 1. The highest BCUT2D eigenvalue weighted by molar-refractivity contribution is 7.91. The Kier molecular flexibility index (Phi) is 6.42. The third kappa shape index (κ3) is 4.79. The second-order valence-electron chi connectivity index (χ2n) is 6.42. The summed E-state index contributed by atoms with van der Waals surface area (Å²) in [6.07, 6.45) is 0.00304. The van der Waals surface area contributed by atoms with Gasteiger partial charge in [-0.3, -0.25) is 14.9 Å². The Bertz CT molecular complexity index is 1280. The molecule has 0 saturated carbocycles. The Morgan fingerprint density at radius 3 is 2.57 bits per heavy atom. The van der Waals surface area contributed by atoms with Crippen molar-refractivity contribution in [1.82, 2.24) is 4.57 Å². The van der Waals surface area contributed by atoms with E-state index in [2.05, 4.69) is 4.99 Å². The van der Waals surface area contributed by atoms with Crippen LogP contribution in [-0.4, -0.2) is 29.6 Å². The quantitative estimate of drug-likeness (QED) is 0.310. The van der Waals surface area contributed by atoms with Crippen molar-refractivity contribution in [2.45, 2.75) is 31.2 Å². The molecular weight excluding hydrogens is 433 g/mol. The third-order valence-electron chi connectivity index (χ3n) is 4.39. The molecular formula is C19H18FN3O5S2. The zero-order valence-electron chi connectivity index (χ0n) is 15.9. The summed E-state index contributed by atoms with van der Waals surface area (Å²) < 4.78 is 40.0. The second-order valence-corrected chi connectivity index (χ2v) is 9.54. The van der Waals surface area contributed by atoms with Gasteiger partial charge in [0, 0.05) is 25.1 Å². The number of hydrogen-bond acceptors (Lipinski definition) is 6. The molecule has 158 valence electrons. The molecule has 0 bridgehead atoms. The van der Waals surface area contributed by atoms with Gasteiger partial charge >= 0.3 is 0 Å². The van der Waals surface area contributed by atoms with E-state index in [1.54, 1.807) is 10.6 Å². The highest BCUT2D eigenvalue weighted by Gasteiger charge is 2.16. The van der Waals surface area contributed by atoms with E-state index in [1.807, 2.05) is 6.92 Å². The molecule has 0 unspecified atom stereocenters. The summed E-state index contributed by atoms with van der Waals surface area (Å²) in [7, 11) is -3.62. The molecule has 0 saturated heterocycles. The molecule has 11 heteroatoms. The molecule has 0 radical (unpaired) electrons. The predicted molar refractivity (Wildman–Crippen MR) is 110 cm³/mol. The summed E-state index contributed by atoms with van der Waals surface area (Å²) in [4.78, 5) is 27.3. The van der Waals surface area contributed by atoms with Gasteiger partial charge in [-0.1, -0.05) is 11.3 Å². The van der Waals surface area contributed by atoms with Gasteiger partial charge in [0.1, 0.15) is 5.82 Å². The van der Waals surface area contributed by atoms with Gasteiger partial charge in [-0.05, 0) is 43.7 Å². The lowest BCUT2D eigenvalue weighted by Gasteiger charge is -2.03. The molecule has 0 aliphatic heterocycles. The maximum atomic E-state index is 13.0. The number of thiazole rings is 1. The fraction of sp³-hybridized carbons (Fsp3) is 0.263. The van der Waals surface area contributed by atoms with Crippen molar-refractivity contribution >= 4 is 43.0 Å². The van der Waals surface area contributed by atoms with Crippen molar-refractivity contribution in [2.24, 2.45) is 4.99 Å². The number of nitro benzene ring substituents is 1. The molecule has 3 aromatic rings. The van der Waals surface area contributed by atoms with Crippen LogP contribution in [0.4, 0.5) is 10.1 Å². The molecule has 1 aromatic heterocycles. The van der Waals surface area contributed by atoms with Crippen LogP contribution < -0.4 is 4.80 Å². The summed E-state index contributed by atoms with van der Waals surface area (Å²) in [5.74, 6) is -1.26. The lowest BCUT2D eigenvalue weighted by Crippen LogP contribution is -2.16. The summed E-state index contributed by atoms with van der Waals surface area (Å²) in [5.41, 5.74) is 0.563. The van der Waals surface area contributed by atoms with Crippen molar-refractivity contribution < 1.29 is 22.5 Å². The molecule has 30 heavy (non-hydrogen) atoms. The predicted octanol–water partition coefficient (Wildman–Crippen LogP) is 3.45. The van der Waals surface area contributed by atoms with Gasteiger partial charge in [0.2, 0.25) is 5.91 Å². The smallest absolute Gasteiger partial charge is 0.271 e. The van der Waals surface area contributed by atoms with Gasteiger partial charge in [0.25, 0.3) is 5.69 Å². The Morgan fingerprint density at radius 2 is 1.93 bits per heavy atom. The lowest BCUT2D eigenvalue weighted by molar-refractivity contribution is -0.384. The minimum absolute atomic E-state index is 0.00298. The molecule has 0 aliphatic carbocycles. The van der Waals surface area contributed by atoms with Crippen LogP contribution in [0, 0.1) is 15.9 Å². The molecule has 1 heterocycles. The highest BCUT2D eigenvalue weighted by atomic mass is 32.2. The van der Waals surface area contributed by atoms with E-state index in [4.69, 9.17) is 0 Å². The van der Waals surface area contributed by atoms with E-state index < -0.39 is 26.5 Å². The fourth-order valence-corrected chi connectivity index (χ4v) is 5.30. The fourth-order valence-electron chi connectivity index (χ4n) is 2.90. The molecule has 0 atom stereocenters. The van der Waals surface area contributed by atoms with E-state index in [-0.39, 0.29) is 29.2 Å². The molecule has 3 rings (SSSR count). The summed E-state index contributed by atoms with van der Waals surface area (Å²) >= 11 is 1.23. The first-order chi connectivity index (χ1) is 14.2. The molecule has 2 aromatic carbocycles. The largest absolute Gasteiger partial charge is 0.316 e. The highest BCUT2D eigenvalue weighted by Crippen LogP contribution is 2.23. The number of non-ortho nitro benzene ring substituents is 1. The Labute approximate surface area is 175 Å². The van der Waals surface area contributed by atoms with Crippen LogP contribution in [0.15, 0.2) is 52.4 Å². The van der Waals surface area contributed by atoms with Gasteiger partial charge in [0.15, 0.2) is 14.6 Å². The number of carbonyl (C=O) groups excluding carboxylic acids is 1. The van der Waals surface area contributed by atoms with Crippen LogP contribution >= 0.6 is 11.3 Å². The van der Waals surface area contributed by atoms with Gasteiger partial charge in [-0.2, -0.15) is 4.99 Å². The maximum absolute atomic E-state index is 13.0. The summed E-state index contributed by atoms with van der Waals surface area (Å²) in [5, 5.41) is 11.0. The monoisotopic (exact) mass is 451 g/mol. The molecule has 8 nitrogen and oxygen atoms in total. The Hall–Kier alpha value is -2.92. The average Bonchev–Trinajstić information content (AvgIpc) is 3.04. The topological polar surface area (TPSA) is 112 Å². The van der Waals surface area contributed by atoms with Crippen LogP contribution in [0.2, 0.25) is 0 Å². The van der Waals surface area contributed by atoms with Crippen LogP contribution in [0.25, 0.3) is 10.2 Å². The SMILES string of the molecule is CCn1c(=NC(=O)CCCS(=O)(=O)c2ccc(F)cc2)sc2ccc([N+](=O)[O-])cc21. The van der Waals surface area contributed by atoms with Crippen molar-refractivity contribution in [3.05, 3.63) is 63.2 Å². The van der Waals surface area contributed by atoms with E-state index in [9.17, 15) is 27.7 Å². The standard InChI is InChI=1S/C19H18FN3O5S2/c1-2-22-16-12-14(23(25)26)7-10-17(16)29-19(22)21-18(24)4-3-11-30(27,28)15-8-5-13(20)6-9-15/h5-10,12H,2-4,11H2,1H3. The normalized spacial score (nSPS) is 12.4. The number of nitro groups is 1. The van der Waals surface area contributed by atoms with Crippen molar-refractivity contribution in [1.29, 1.82) is 0 Å². The van der Waals surface area contributed by atoms with E-state index in [1.165, 1.54) is 35.6 Å². The Balaban J connectivity index is 1.75. The van der Waals surface area contributed by atoms with Gasteiger partial charge < -0.3 is 4.57 Å². The molecule has 0 aliphatic rings. The average molecular weight is 452 g/mol. The van der Waals surface area contributed by atoms with E-state index in [0.29, 0.717) is 16.9 Å². The maximum Gasteiger partial charge on any atom is 0.271 e. The van der Waals surface area contributed by atoms with Gasteiger partial charge in [0.05, 0.1) is 25.8 Å². The molecule has 0 spiro atoms. The number of aryl methyl sites for hydroxylation is 1. The number of benzene rings is 2. The zero-order chi connectivity index (χ0) is 21.9. The number of halogens is 1. The number of fused-ring (bicyclic) bond motifs is 1. The zero-order valence-corrected chi connectivity index (χ0v) is 17.6. The number of rotatable bonds is 7. The van der Waals surface area contributed by atoms with Crippen molar-refractivity contribution in [2.75, 3.05) is 5.75 Å². The van der Waals surface area contributed by atoms with Gasteiger partial charge in [-0.25, -0.2) is 12.8 Å². The summed E-state index contributed by atoms with van der Waals surface area (Å²) in [6.45, 7) is 2.30. The number of aromatic nitrogens is 1. The number of nitrogens with zero attached hydrogens (tertiary/aromatic N) is 3. The molecule has 1 amide bonds. The van der Waals surface area contributed by atoms with Crippen LogP contribution in [0.5, 0.6) is 0 Å². The van der Waals surface area contributed by atoms with E-state index in [0.717, 1.165) is 16.8 Å². The van der Waals surface area contributed by atoms with Crippen LogP contribution in [0.1, 0.15) is 19.8 Å². The first kappa shape index (κ1) is 21.8. The lowest BCUT2D eigenvalue weighted by atomic mass is 10.3. The first-order valence-electron chi connectivity index (χ1n) is 9.05. The third-order valence-corrected chi connectivity index (χ3v) is 7.27. The van der Waals surface area contributed by atoms with E-state index >= 15 is 0 Å². The number of sulfone groups is 1. The molecule has 0 fully saturated rings. The molecule has 0 N–H and O–H groups in total. The van der Waals surface area contributed by atoms with Crippen molar-refractivity contribution in [3.8, 4) is 0 Å². The minimum Gasteiger partial charge on any atom is -0.316 e. The minimum atomic E-state index is -3.62. The Morgan fingerprint density at radius 1 is 1.23 bits per heavy atom. The second kappa shape index (κ2) is 8.84. The first-order valence-corrected chi connectivity index (χ1v) is 11.5.